The summed E-state index contributed by atoms with van der Waals surface area (Å²) in [7, 11) is 0. The molecule has 0 saturated carbocycles. The van der Waals surface area contributed by atoms with Gasteiger partial charge in [-0.2, -0.15) is 0 Å². The molecule has 0 amide bonds. The van der Waals surface area contributed by atoms with Crippen LogP contribution >= 0.6 is 0 Å². The molecule has 3 nitrogen and oxygen atoms in total. The van der Waals surface area contributed by atoms with Crippen molar-refractivity contribution in [1.82, 2.24) is 10.3 Å². The second-order valence-corrected chi connectivity index (χ2v) is 4.43. The lowest BCUT2D eigenvalue weighted by Gasteiger charge is -2.08. The lowest BCUT2D eigenvalue weighted by atomic mass is 10.0. The zero-order valence-electron chi connectivity index (χ0n) is 11.8. The first-order valence-corrected chi connectivity index (χ1v) is 6.82. The molecule has 0 spiro atoms. The van der Waals surface area contributed by atoms with Crippen LogP contribution in [0.1, 0.15) is 19.4 Å². The Morgan fingerprint density at radius 3 is 2.70 bits per heavy atom. The molecule has 4 heteroatoms. The molecule has 0 fully saturated rings. The zero-order chi connectivity index (χ0) is 14.4. The number of rotatable bonds is 6. The third-order valence-electron chi connectivity index (χ3n) is 2.98. The molecule has 0 unspecified atom stereocenters. The number of aromatic nitrogens is 1. The molecule has 0 aliphatic heterocycles. The molecule has 0 bridgehead atoms. The normalized spacial score (nSPS) is 10.6. The monoisotopic (exact) mass is 274 g/mol. The van der Waals surface area contributed by atoms with Gasteiger partial charge in [0.05, 0.1) is 12.8 Å². The van der Waals surface area contributed by atoms with Crippen LogP contribution in [0.5, 0.6) is 5.75 Å². The molecule has 1 N–H and O–H groups in total. The molecule has 0 aliphatic rings. The molecule has 20 heavy (non-hydrogen) atoms. The van der Waals surface area contributed by atoms with Crippen LogP contribution in [0.3, 0.4) is 0 Å². The highest BCUT2D eigenvalue weighted by atomic mass is 19.1. The van der Waals surface area contributed by atoms with Crippen molar-refractivity contribution in [3.8, 4) is 16.9 Å². The highest BCUT2D eigenvalue weighted by molar-refractivity contribution is 5.64. The fourth-order valence-electron chi connectivity index (χ4n) is 1.95. The van der Waals surface area contributed by atoms with Crippen LogP contribution in [0, 0.1) is 5.82 Å². The van der Waals surface area contributed by atoms with Crippen LogP contribution in [-0.4, -0.2) is 18.1 Å². The Morgan fingerprint density at radius 2 is 2.00 bits per heavy atom. The number of halogens is 1. The number of hydrogen-bond acceptors (Lipinski definition) is 3. The fourth-order valence-corrected chi connectivity index (χ4v) is 1.95. The van der Waals surface area contributed by atoms with Gasteiger partial charge in [0, 0.05) is 23.9 Å². The van der Waals surface area contributed by atoms with E-state index in [1.807, 2.05) is 26.0 Å². The maximum absolute atomic E-state index is 14.0. The van der Waals surface area contributed by atoms with E-state index in [0.29, 0.717) is 24.5 Å². The van der Waals surface area contributed by atoms with Crippen molar-refractivity contribution in [2.45, 2.75) is 20.4 Å². The van der Waals surface area contributed by atoms with E-state index in [4.69, 9.17) is 4.74 Å². The van der Waals surface area contributed by atoms with Gasteiger partial charge in [-0.3, -0.25) is 4.98 Å². The van der Waals surface area contributed by atoms with Gasteiger partial charge in [0.2, 0.25) is 0 Å². The van der Waals surface area contributed by atoms with E-state index in [1.165, 1.54) is 0 Å². The summed E-state index contributed by atoms with van der Waals surface area (Å²) in [5, 5.41) is 3.12. The first kappa shape index (κ1) is 14.5. The maximum atomic E-state index is 14.0. The van der Waals surface area contributed by atoms with Crippen LogP contribution in [0.25, 0.3) is 11.1 Å². The van der Waals surface area contributed by atoms with Crippen LogP contribution in [-0.2, 0) is 6.54 Å². The van der Waals surface area contributed by atoms with E-state index in [9.17, 15) is 4.39 Å². The largest absolute Gasteiger partial charge is 0.492 e. The topological polar surface area (TPSA) is 34.2 Å². The molecule has 0 aliphatic carbocycles. The minimum atomic E-state index is -0.203. The van der Waals surface area contributed by atoms with Gasteiger partial charge in [0.15, 0.2) is 0 Å². The van der Waals surface area contributed by atoms with Crippen molar-refractivity contribution >= 4 is 0 Å². The number of pyridine rings is 1. The van der Waals surface area contributed by atoms with E-state index in [-0.39, 0.29) is 5.82 Å². The predicted octanol–water partition coefficient (Wildman–Crippen LogP) is 3.40. The molecule has 0 saturated heterocycles. The third kappa shape index (κ3) is 3.54. The van der Waals surface area contributed by atoms with E-state index in [1.54, 1.807) is 24.5 Å². The molecular weight excluding hydrogens is 255 g/mol. The Kier molecular flexibility index (Phi) is 5.07. The quantitative estimate of drug-likeness (QED) is 0.876. The second kappa shape index (κ2) is 7.01. The lowest BCUT2D eigenvalue weighted by molar-refractivity contribution is 0.339. The van der Waals surface area contributed by atoms with Crippen LogP contribution in [0.4, 0.5) is 4.39 Å². The molecular formula is C16H19FN2O. The van der Waals surface area contributed by atoms with Gasteiger partial charge >= 0.3 is 0 Å². The molecule has 1 aromatic carbocycles. The van der Waals surface area contributed by atoms with Gasteiger partial charge in [0.1, 0.15) is 11.6 Å². The molecule has 1 heterocycles. The van der Waals surface area contributed by atoms with Gasteiger partial charge in [-0.15, -0.1) is 0 Å². The summed E-state index contributed by atoms with van der Waals surface area (Å²) in [5.41, 5.74) is 2.33. The van der Waals surface area contributed by atoms with Crippen LogP contribution in [0.2, 0.25) is 0 Å². The molecule has 0 atom stereocenters. The van der Waals surface area contributed by atoms with Crippen molar-refractivity contribution in [2.24, 2.45) is 0 Å². The van der Waals surface area contributed by atoms with Crippen molar-refractivity contribution in [3.63, 3.8) is 0 Å². The minimum absolute atomic E-state index is 0.203. The number of nitrogens with zero attached hydrogens (tertiary/aromatic N) is 1. The smallest absolute Gasteiger partial charge is 0.138 e. The van der Waals surface area contributed by atoms with Crippen LogP contribution < -0.4 is 10.1 Å². The van der Waals surface area contributed by atoms with Gasteiger partial charge in [-0.25, -0.2) is 4.39 Å². The van der Waals surface area contributed by atoms with Crippen LogP contribution in [0.15, 0.2) is 36.7 Å². The van der Waals surface area contributed by atoms with Crippen molar-refractivity contribution in [3.05, 3.63) is 48.0 Å². The van der Waals surface area contributed by atoms with Crippen molar-refractivity contribution in [2.75, 3.05) is 13.2 Å². The summed E-state index contributed by atoms with van der Waals surface area (Å²) >= 11 is 0. The fraction of sp³-hybridized carbons (Fsp3) is 0.312. The van der Waals surface area contributed by atoms with Crippen molar-refractivity contribution in [1.29, 1.82) is 0 Å². The first-order valence-electron chi connectivity index (χ1n) is 6.82. The summed E-state index contributed by atoms with van der Waals surface area (Å²) < 4.78 is 19.4. The SMILES string of the molecule is CCNCc1ccc(-c2cncc(OCC)c2)cc1F. The Bertz CT molecular complexity index is 572. The van der Waals surface area contributed by atoms with Gasteiger partial charge in [-0.1, -0.05) is 19.1 Å². The highest BCUT2D eigenvalue weighted by Gasteiger charge is 2.06. The predicted molar refractivity (Wildman–Crippen MR) is 78.2 cm³/mol. The Hall–Kier alpha value is -1.94. The summed E-state index contributed by atoms with van der Waals surface area (Å²) in [4.78, 5) is 4.12. The number of hydrogen-bond donors (Lipinski definition) is 1. The Morgan fingerprint density at radius 1 is 1.15 bits per heavy atom. The highest BCUT2D eigenvalue weighted by Crippen LogP contribution is 2.24. The molecule has 106 valence electrons. The summed E-state index contributed by atoms with van der Waals surface area (Å²) in [5.74, 6) is 0.493. The van der Waals surface area contributed by atoms with E-state index >= 15 is 0 Å². The summed E-state index contributed by atoms with van der Waals surface area (Å²) in [6.45, 7) is 5.86. The number of benzene rings is 1. The third-order valence-corrected chi connectivity index (χ3v) is 2.98. The van der Waals surface area contributed by atoms with E-state index in [0.717, 1.165) is 17.7 Å². The van der Waals surface area contributed by atoms with E-state index < -0.39 is 0 Å². The molecule has 1 aromatic heterocycles. The average Bonchev–Trinajstić information content (AvgIpc) is 2.46. The van der Waals surface area contributed by atoms with E-state index in [2.05, 4.69) is 10.3 Å². The zero-order valence-corrected chi connectivity index (χ0v) is 11.8. The Balaban J connectivity index is 2.24. The average molecular weight is 274 g/mol. The minimum Gasteiger partial charge on any atom is -0.492 e. The summed E-state index contributed by atoms with van der Waals surface area (Å²) in [6, 6.07) is 7.12. The number of nitrogens with one attached hydrogen (secondary N) is 1. The van der Waals surface area contributed by atoms with Crippen molar-refractivity contribution < 1.29 is 9.13 Å². The number of ether oxygens (including phenoxy) is 1. The second-order valence-electron chi connectivity index (χ2n) is 4.43. The van der Waals surface area contributed by atoms with Gasteiger partial charge in [-0.05, 0) is 31.2 Å². The Labute approximate surface area is 118 Å². The molecule has 2 rings (SSSR count). The van der Waals surface area contributed by atoms with Gasteiger partial charge in [0.25, 0.3) is 0 Å². The summed E-state index contributed by atoms with van der Waals surface area (Å²) in [6.07, 6.45) is 3.37. The molecule has 0 radical (unpaired) electrons. The maximum Gasteiger partial charge on any atom is 0.138 e. The lowest BCUT2D eigenvalue weighted by Crippen LogP contribution is -2.12. The standard InChI is InChI=1S/C16H19FN2O/c1-3-18-9-13-6-5-12(8-16(13)17)14-7-15(20-4-2)11-19-10-14/h5-8,10-11,18H,3-4,9H2,1-2H3. The first-order chi connectivity index (χ1) is 9.74. The molecule has 2 aromatic rings. The van der Waals surface area contributed by atoms with Gasteiger partial charge < -0.3 is 10.1 Å².